The summed E-state index contributed by atoms with van der Waals surface area (Å²) in [4.78, 5) is 54.9. The maximum absolute atomic E-state index is 14.6. The summed E-state index contributed by atoms with van der Waals surface area (Å²) in [5.74, 6) is -1.30. The molecule has 0 saturated carbocycles. The third-order valence-electron chi connectivity index (χ3n) is 6.90. The first-order chi connectivity index (χ1) is 18.8. The molecule has 2 amide bonds. The Balaban J connectivity index is 1.58. The van der Waals surface area contributed by atoms with Crippen molar-refractivity contribution in [1.29, 1.82) is 0 Å². The molecule has 0 fully saturated rings. The van der Waals surface area contributed by atoms with Gasteiger partial charge in [0.25, 0.3) is 17.4 Å². The van der Waals surface area contributed by atoms with E-state index in [1.54, 1.807) is 51.8 Å². The summed E-state index contributed by atoms with van der Waals surface area (Å²) < 4.78 is 16.0. The van der Waals surface area contributed by atoms with Gasteiger partial charge in [0, 0.05) is 62.7 Å². The number of thiazole rings is 1. The normalized spacial score (nSPS) is 15.3. The number of rotatable bonds is 3. The van der Waals surface area contributed by atoms with Crippen LogP contribution < -0.4 is 10.5 Å². The van der Waals surface area contributed by atoms with Crippen LogP contribution in [-0.4, -0.2) is 68.2 Å². The number of carbonyl (C=O) groups excluding carboxylic acids is 2. The van der Waals surface area contributed by atoms with Gasteiger partial charge in [0.2, 0.25) is 0 Å². The summed E-state index contributed by atoms with van der Waals surface area (Å²) in [5, 5.41) is 1.74. The summed E-state index contributed by atoms with van der Waals surface area (Å²) >= 11 is 1.31. The highest BCUT2D eigenvalue weighted by atomic mass is 32.1. The van der Waals surface area contributed by atoms with E-state index >= 15 is 0 Å². The highest BCUT2D eigenvalue weighted by Crippen LogP contribution is 2.27. The van der Waals surface area contributed by atoms with Crippen molar-refractivity contribution in [3.8, 4) is 0 Å². The molecule has 1 aliphatic rings. The van der Waals surface area contributed by atoms with Crippen LogP contribution >= 0.6 is 11.3 Å². The number of nitrogens with zero attached hydrogens (tertiary/aromatic N) is 6. The van der Waals surface area contributed by atoms with Gasteiger partial charge in [0.05, 0.1) is 5.69 Å². The number of amides is 2. The number of benzene rings is 1. The minimum atomic E-state index is -0.491. The maximum Gasteiger partial charge on any atom is 0.276 e. The fourth-order valence-electron chi connectivity index (χ4n) is 4.79. The fraction of sp³-hybridized carbons (Fsp3) is 0.321. The summed E-state index contributed by atoms with van der Waals surface area (Å²) in [6, 6.07) is 9.52. The smallest absolute Gasteiger partial charge is 0.276 e. The molecule has 39 heavy (non-hydrogen) atoms. The lowest BCUT2D eigenvalue weighted by molar-refractivity contribution is 0.0709. The first-order valence-corrected chi connectivity index (χ1v) is 13.7. The minimum Gasteiger partial charge on any atom is -0.333 e. The predicted octanol–water partition coefficient (Wildman–Crippen LogP) is 3.69. The van der Waals surface area contributed by atoms with Gasteiger partial charge in [-0.2, -0.15) is 0 Å². The standard InChI is InChI=1S/C28H29FN6O3S/c1-19(2)32-10-5-11-34(27(38)23-6-3-4-9-30-23)24-16-21(29)8-7-20(24)18-33(13-12-32)25(36)22-17-31-28-35(26(22)37)14-15-39-28/h3-4,6-9,14-17,19H,5,10-13,18H2,1-2H3. The fourth-order valence-corrected chi connectivity index (χ4v) is 5.47. The van der Waals surface area contributed by atoms with E-state index in [4.69, 9.17) is 0 Å². The van der Waals surface area contributed by atoms with Crippen LogP contribution in [0.4, 0.5) is 10.1 Å². The molecule has 4 aromatic rings. The first kappa shape index (κ1) is 26.6. The molecular formula is C28H29FN6O3S. The van der Waals surface area contributed by atoms with Crippen LogP contribution in [0.2, 0.25) is 0 Å². The Morgan fingerprint density at radius 1 is 1.03 bits per heavy atom. The quantitative estimate of drug-likeness (QED) is 0.388. The molecule has 0 bridgehead atoms. The van der Waals surface area contributed by atoms with E-state index in [1.807, 2.05) is 0 Å². The van der Waals surface area contributed by atoms with Crippen molar-refractivity contribution in [1.82, 2.24) is 24.2 Å². The molecule has 0 spiro atoms. The number of anilines is 1. The van der Waals surface area contributed by atoms with E-state index in [-0.39, 0.29) is 29.8 Å². The molecule has 0 unspecified atom stereocenters. The van der Waals surface area contributed by atoms with E-state index in [1.165, 1.54) is 34.1 Å². The van der Waals surface area contributed by atoms with Crippen LogP contribution in [0.3, 0.4) is 0 Å². The zero-order valence-corrected chi connectivity index (χ0v) is 22.6. The Kier molecular flexibility index (Phi) is 7.80. The topological polar surface area (TPSA) is 91.1 Å². The number of hydrogen-bond donors (Lipinski definition) is 0. The molecule has 0 radical (unpaired) electrons. The summed E-state index contributed by atoms with van der Waals surface area (Å²) in [6.45, 7) is 6.17. The number of halogens is 1. The van der Waals surface area contributed by atoms with Gasteiger partial charge in [-0.1, -0.05) is 12.1 Å². The van der Waals surface area contributed by atoms with Gasteiger partial charge in [-0.05, 0) is 50.1 Å². The molecule has 0 N–H and O–H groups in total. The number of fused-ring (bicyclic) bond motifs is 2. The van der Waals surface area contributed by atoms with Crippen molar-refractivity contribution in [2.45, 2.75) is 32.9 Å². The number of hydrogen-bond acceptors (Lipinski definition) is 7. The number of carbonyl (C=O) groups is 2. The second-order valence-electron chi connectivity index (χ2n) is 9.69. The number of aromatic nitrogens is 3. The van der Waals surface area contributed by atoms with Gasteiger partial charge in [-0.25, -0.2) is 9.37 Å². The van der Waals surface area contributed by atoms with E-state index in [0.717, 1.165) is 0 Å². The summed E-state index contributed by atoms with van der Waals surface area (Å²) in [5.41, 5.74) is 0.746. The van der Waals surface area contributed by atoms with Crippen LogP contribution in [0.1, 0.15) is 46.7 Å². The molecule has 1 aliphatic heterocycles. The van der Waals surface area contributed by atoms with Crippen molar-refractivity contribution in [3.63, 3.8) is 0 Å². The van der Waals surface area contributed by atoms with Crippen LogP contribution in [0.25, 0.3) is 4.96 Å². The van der Waals surface area contributed by atoms with Gasteiger partial charge < -0.3 is 9.80 Å². The largest absolute Gasteiger partial charge is 0.333 e. The monoisotopic (exact) mass is 548 g/mol. The number of pyridine rings is 1. The molecule has 5 rings (SSSR count). The summed E-state index contributed by atoms with van der Waals surface area (Å²) in [6.07, 6.45) is 5.10. The minimum absolute atomic E-state index is 0.0399. The Labute approximate surface area is 229 Å². The van der Waals surface area contributed by atoms with Crippen LogP contribution in [0, 0.1) is 5.82 Å². The lowest BCUT2D eigenvalue weighted by atomic mass is 10.1. The lowest BCUT2D eigenvalue weighted by Gasteiger charge is -2.30. The van der Waals surface area contributed by atoms with E-state index < -0.39 is 17.3 Å². The van der Waals surface area contributed by atoms with Crippen molar-refractivity contribution in [3.05, 3.63) is 93.4 Å². The van der Waals surface area contributed by atoms with E-state index in [0.29, 0.717) is 48.8 Å². The molecule has 9 nitrogen and oxygen atoms in total. The molecule has 1 aromatic carbocycles. The SMILES string of the molecule is CC(C)N1CCCN(C(=O)c2ccccn2)c2cc(F)ccc2CN(C(=O)c2cnc3sccn3c2=O)CC1. The Morgan fingerprint density at radius 3 is 2.64 bits per heavy atom. The molecule has 0 saturated heterocycles. The highest BCUT2D eigenvalue weighted by molar-refractivity contribution is 7.15. The lowest BCUT2D eigenvalue weighted by Crippen LogP contribution is -2.42. The van der Waals surface area contributed by atoms with Gasteiger partial charge in [-0.3, -0.25) is 28.7 Å². The summed E-state index contributed by atoms with van der Waals surface area (Å²) in [7, 11) is 0. The average Bonchev–Trinajstić information content (AvgIpc) is 3.41. The molecule has 0 atom stereocenters. The molecular weight excluding hydrogens is 519 g/mol. The van der Waals surface area contributed by atoms with E-state index in [2.05, 4.69) is 28.7 Å². The maximum atomic E-state index is 14.6. The Morgan fingerprint density at radius 2 is 1.87 bits per heavy atom. The Hall–Kier alpha value is -3.96. The molecule has 202 valence electrons. The van der Waals surface area contributed by atoms with Crippen molar-refractivity contribution < 1.29 is 14.0 Å². The molecule has 0 aliphatic carbocycles. The van der Waals surface area contributed by atoms with Gasteiger partial charge in [0.1, 0.15) is 17.1 Å². The van der Waals surface area contributed by atoms with E-state index in [9.17, 15) is 18.8 Å². The molecule has 3 aromatic heterocycles. The third-order valence-corrected chi connectivity index (χ3v) is 7.67. The zero-order chi connectivity index (χ0) is 27.5. The third kappa shape index (κ3) is 5.59. The Bertz CT molecular complexity index is 1550. The second-order valence-corrected chi connectivity index (χ2v) is 10.6. The molecule has 11 heteroatoms. The second kappa shape index (κ2) is 11.4. The van der Waals surface area contributed by atoms with Gasteiger partial charge >= 0.3 is 0 Å². The van der Waals surface area contributed by atoms with Crippen LogP contribution in [0.15, 0.2) is 65.2 Å². The average molecular weight is 549 g/mol. The van der Waals surface area contributed by atoms with Crippen molar-refractivity contribution >= 4 is 33.8 Å². The predicted molar refractivity (Wildman–Crippen MR) is 148 cm³/mol. The highest BCUT2D eigenvalue weighted by Gasteiger charge is 2.27. The zero-order valence-electron chi connectivity index (χ0n) is 21.8. The molecule has 4 heterocycles. The van der Waals surface area contributed by atoms with Gasteiger partial charge in [-0.15, -0.1) is 11.3 Å². The van der Waals surface area contributed by atoms with Crippen LogP contribution in [-0.2, 0) is 6.54 Å². The first-order valence-electron chi connectivity index (χ1n) is 12.8. The van der Waals surface area contributed by atoms with Crippen LogP contribution in [0.5, 0.6) is 0 Å². The van der Waals surface area contributed by atoms with Crippen molar-refractivity contribution in [2.24, 2.45) is 0 Å². The van der Waals surface area contributed by atoms with Crippen molar-refractivity contribution in [2.75, 3.05) is 31.1 Å². The van der Waals surface area contributed by atoms with Gasteiger partial charge in [0.15, 0.2) is 4.96 Å².